The molecule has 0 N–H and O–H groups in total. The van der Waals surface area contributed by atoms with Crippen molar-refractivity contribution in [3.63, 3.8) is 0 Å². The van der Waals surface area contributed by atoms with Crippen molar-refractivity contribution in [2.45, 2.75) is 0 Å². The third-order valence-electron chi connectivity index (χ3n) is 9.13. The Morgan fingerprint density at radius 1 is 0.155 bits per heavy atom. The summed E-state index contributed by atoms with van der Waals surface area (Å²) >= 11 is 0. The fourth-order valence-corrected chi connectivity index (χ4v) is 13.5. The van der Waals surface area contributed by atoms with E-state index in [2.05, 4.69) is 273 Å². The van der Waals surface area contributed by atoms with Crippen LogP contribution in [0.3, 0.4) is 0 Å². The van der Waals surface area contributed by atoms with Crippen molar-refractivity contribution in [1.82, 2.24) is 0 Å². The van der Waals surface area contributed by atoms with Gasteiger partial charge in [-0.1, -0.05) is 273 Å². The van der Waals surface area contributed by atoms with E-state index in [1.165, 1.54) is 47.7 Å². The molecule has 0 aliphatic rings. The van der Waals surface area contributed by atoms with Gasteiger partial charge >= 0.3 is 19.5 Å². The zero-order chi connectivity index (χ0) is 38.7. The predicted octanol–water partition coefficient (Wildman–Crippen LogP) is 10.7. The summed E-state index contributed by atoms with van der Waals surface area (Å²) in [4.78, 5) is 0. The largest absolute Gasteiger partial charge is 3.00 e. The molecule has 4 heteroatoms. The number of hydrogen-bond acceptors (Lipinski definition) is 0. The Bertz CT molecular complexity index is 1880. The van der Waals surface area contributed by atoms with Crippen molar-refractivity contribution in [2.75, 3.05) is 0 Å². The van der Waals surface area contributed by atoms with Crippen LogP contribution in [0.5, 0.6) is 0 Å². The van der Waals surface area contributed by atoms with Gasteiger partial charge in [0, 0.05) is 0 Å². The summed E-state index contributed by atoms with van der Waals surface area (Å²) in [7, 11) is -1.34. The third-order valence-corrected chi connectivity index (χ3v) is 16.5. The molecule has 287 valence electrons. The molecule has 0 saturated carbocycles. The number of hydrogen-bond donors (Lipinski definition) is 0. The summed E-state index contributed by atoms with van der Waals surface area (Å²) in [5.74, 6) is 0. The maximum absolute atomic E-state index is 2.23. The second-order valence-corrected chi connectivity index (χ2v) is 19.7. The van der Waals surface area contributed by atoms with E-state index in [1.54, 1.807) is 0 Å². The van der Waals surface area contributed by atoms with Crippen LogP contribution in [0, 0.1) is 0 Å². The van der Waals surface area contributed by atoms with Gasteiger partial charge in [-0.2, -0.15) is 0 Å². The van der Waals surface area contributed by atoms with Gasteiger partial charge < -0.3 is 4.28 Å². The molecule has 9 aromatic carbocycles. The fourth-order valence-electron chi connectivity index (χ4n) is 6.54. The molecule has 0 amide bonds. The van der Waals surface area contributed by atoms with Gasteiger partial charge in [-0.05, 0) is 71.5 Å². The Morgan fingerprint density at radius 3 is 0.328 bits per heavy atom. The van der Waals surface area contributed by atoms with Gasteiger partial charge in [-0.15, -0.1) is 0 Å². The van der Waals surface area contributed by atoms with Crippen LogP contribution < -0.4 is 47.7 Å². The fraction of sp³-hybridized carbons (Fsp3) is 0. The van der Waals surface area contributed by atoms with E-state index in [0.29, 0.717) is 0 Å². The maximum atomic E-state index is 2.23. The molecule has 0 fully saturated rings. The van der Waals surface area contributed by atoms with Crippen LogP contribution in [-0.4, -0.2) is 0 Å². The SMILES string of the molecule is [H-].[H-].[H-].[Ru+3].c1ccc(P(c2ccccc2)c2ccccc2)cc1.c1ccc(P(c2ccccc2)c2ccccc2)cc1.c1ccc(P(c2ccccc2)c2ccccc2)cc1. The van der Waals surface area contributed by atoms with Gasteiger partial charge in [0.25, 0.3) is 0 Å². The molecule has 0 spiro atoms. The van der Waals surface area contributed by atoms with Crippen molar-refractivity contribution in [1.29, 1.82) is 0 Å². The van der Waals surface area contributed by atoms with Crippen LogP contribution in [0.4, 0.5) is 0 Å². The van der Waals surface area contributed by atoms with Gasteiger partial charge in [0.1, 0.15) is 0 Å². The molecule has 0 heterocycles. The molecule has 9 rings (SSSR count). The van der Waals surface area contributed by atoms with E-state index in [4.69, 9.17) is 0 Å². The van der Waals surface area contributed by atoms with Gasteiger partial charge in [-0.25, -0.2) is 0 Å². The van der Waals surface area contributed by atoms with Crippen molar-refractivity contribution in [3.05, 3.63) is 273 Å². The monoisotopic (exact) mass is 891 g/mol. The Balaban J connectivity index is 0.000000236. The first-order valence-corrected chi connectivity index (χ1v) is 23.2. The van der Waals surface area contributed by atoms with Crippen molar-refractivity contribution < 1.29 is 23.8 Å². The molecule has 0 unspecified atom stereocenters. The van der Waals surface area contributed by atoms with Crippen LogP contribution in [0.25, 0.3) is 0 Å². The van der Waals surface area contributed by atoms with E-state index in [-0.39, 0.29) is 23.8 Å². The number of benzene rings is 9. The van der Waals surface area contributed by atoms with Crippen LogP contribution in [0.2, 0.25) is 0 Å². The standard InChI is InChI=1S/3C18H15P.Ru.3H/c3*1-4-10-16(11-5-1)19(17-12-6-2-7-13-17)18-14-8-3-9-15-18;;;;/h3*1-15H;;;;/q;;;+3;3*-1. The van der Waals surface area contributed by atoms with Crippen molar-refractivity contribution in [2.24, 2.45) is 0 Å². The molecular weight excluding hydrogens is 843 g/mol. The van der Waals surface area contributed by atoms with Crippen molar-refractivity contribution in [3.8, 4) is 0 Å². The van der Waals surface area contributed by atoms with Gasteiger partial charge in [0.05, 0.1) is 0 Å². The zero-order valence-corrected chi connectivity index (χ0v) is 36.6. The van der Waals surface area contributed by atoms with E-state index in [0.717, 1.165) is 0 Å². The Kier molecular flexibility index (Phi) is 17.1. The third kappa shape index (κ3) is 12.0. The molecule has 0 nitrogen and oxygen atoms in total. The van der Waals surface area contributed by atoms with Crippen LogP contribution in [0.15, 0.2) is 273 Å². The second-order valence-electron chi connectivity index (χ2n) is 13.0. The summed E-state index contributed by atoms with van der Waals surface area (Å²) in [6.07, 6.45) is 0. The van der Waals surface area contributed by atoms with E-state index < -0.39 is 23.8 Å². The minimum absolute atomic E-state index is 0. The van der Waals surface area contributed by atoms with Crippen LogP contribution in [0.1, 0.15) is 4.28 Å². The summed E-state index contributed by atoms with van der Waals surface area (Å²) < 4.78 is 0. The molecule has 0 aliphatic carbocycles. The predicted molar refractivity (Wildman–Crippen MR) is 259 cm³/mol. The molecule has 0 atom stereocenters. The van der Waals surface area contributed by atoms with E-state index in [9.17, 15) is 0 Å². The van der Waals surface area contributed by atoms with Crippen LogP contribution in [-0.2, 0) is 19.5 Å². The van der Waals surface area contributed by atoms with E-state index in [1.807, 2.05) is 0 Å². The first-order valence-electron chi connectivity index (χ1n) is 19.2. The molecule has 0 saturated heterocycles. The zero-order valence-electron chi connectivity index (χ0n) is 35.2. The second kappa shape index (κ2) is 23.3. The summed E-state index contributed by atoms with van der Waals surface area (Å²) in [6, 6.07) is 97.0. The summed E-state index contributed by atoms with van der Waals surface area (Å²) in [5.41, 5.74) is 0. The molecule has 9 aromatic rings. The summed E-state index contributed by atoms with van der Waals surface area (Å²) in [5, 5.41) is 12.6. The Morgan fingerprint density at radius 2 is 0.241 bits per heavy atom. The maximum Gasteiger partial charge on any atom is 3.00 e. The molecule has 0 bridgehead atoms. The average molecular weight is 891 g/mol. The summed E-state index contributed by atoms with van der Waals surface area (Å²) in [6.45, 7) is 0. The van der Waals surface area contributed by atoms with Crippen LogP contribution >= 0.6 is 23.8 Å². The first-order chi connectivity index (χ1) is 28.3. The molecule has 0 aromatic heterocycles. The quantitative estimate of drug-likeness (QED) is 0.100. The minimum atomic E-state index is -0.446. The van der Waals surface area contributed by atoms with Gasteiger partial charge in [0.2, 0.25) is 0 Å². The van der Waals surface area contributed by atoms with Crippen molar-refractivity contribution >= 4 is 71.5 Å². The van der Waals surface area contributed by atoms with Gasteiger partial charge in [-0.3, -0.25) is 0 Å². The minimum Gasteiger partial charge on any atom is -1.00 e. The Labute approximate surface area is 366 Å². The molecular formula is C54H48P3Ru. The molecule has 58 heavy (non-hydrogen) atoms. The topological polar surface area (TPSA) is 0 Å². The first kappa shape index (κ1) is 42.5. The average Bonchev–Trinajstić information content (AvgIpc) is 3.30. The molecule has 0 aliphatic heterocycles. The smallest absolute Gasteiger partial charge is 1.00 e. The normalized spacial score (nSPS) is 10.4. The number of rotatable bonds is 9. The molecule has 1 radical (unpaired) electrons. The Hall–Kier alpha value is -5.11. The van der Waals surface area contributed by atoms with E-state index >= 15 is 0 Å². The van der Waals surface area contributed by atoms with Gasteiger partial charge in [0.15, 0.2) is 0 Å².